The summed E-state index contributed by atoms with van der Waals surface area (Å²) in [6.45, 7) is 2.17. The molecule has 0 saturated heterocycles. The van der Waals surface area contributed by atoms with Crippen LogP contribution in [0, 0.1) is 23.4 Å². The molecule has 0 spiro atoms. The number of benzene rings is 2. The van der Waals surface area contributed by atoms with Crippen LogP contribution in [0.5, 0.6) is 0 Å². The molecule has 2 aromatic rings. The minimum Gasteiger partial charge on any atom is -0.204 e. The lowest BCUT2D eigenvalue weighted by Crippen LogP contribution is -2.20. The second-order valence-electron chi connectivity index (χ2n) is 7.92. The maximum Gasteiger partial charge on any atom is 0.194 e. The Morgan fingerprint density at radius 2 is 1.56 bits per heavy atom. The van der Waals surface area contributed by atoms with Gasteiger partial charge in [-0.1, -0.05) is 31.2 Å². The summed E-state index contributed by atoms with van der Waals surface area (Å²) in [6.07, 6.45) is 11.7. The van der Waals surface area contributed by atoms with Crippen LogP contribution in [0.3, 0.4) is 0 Å². The molecule has 0 N–H and O–H groups in total. The molecule has 2 unspecified atom stereocenters. The Hall–Kier alpha value is -2.03. The van der Waals surface area contributed by atoms with Crippen molar-refractivity contribution >= 4 is 0 Å². The molecule has 0 aliphatic heterocycles. The Labute approximate surface area is 159 Å². The Morgan fingerprint density at radius 1 is 0.926 bits per heavy atom. The summed E-state index contributed by atoms with van der Waals surface area (Å²) in [7, 11) is 0. The molecule has 0 heterocycles. The molecule has 0 bridgehead atoms. The highest BCUT2D eigenvalue weighted by Crippen LogP contribution is 2.39. The van der Waals surface area contributed by atoms with Crippen LogP contribution < -0.4 is 0 Å². The van der Waals surface area contributed by atoms with Crippen LogP contribution in [-0.4, -0.2) is 0 Å². The van der Waals surface area contributed by atoms with E-state index >= 15 is 0 Å². The molecule has 2 aliphatic carbocycles. The van der Waals surface area contributed by atoms with E-state index in [1.165, 1.54) is 28.7 Å². The van der Waals surface area contributed by atoms with E-state index in [-0.39, 0.29) is 5.92 Å². The second kappa shape index (κ2) is 7.53. The summed E-state index contributed by atoms with van der Waals surface area (Å²) in [5, 5.41) is 0. The van der Waals surface area contributed by atoms with E-state index in [1.54, 1.807) is 0 Å². The summed E-state index contributed by atoms with van der Waals surface area (Å²) >= 11 is 0. The van der Waals surface area contributed by atoms with Gasteiger partial charge in [0.1, 0.15) is 0 Å². The number of hydrogen-bond donors (Lipinski definition) is 0. The first-order chi connectivity index (χ1) is 13.1. The van der Waals surface area contributed by atoms with Crippen LogP contribution in [-0.2, 0) is 25.7 Å². The molecule has 2 atom stereocenters. The molecule has 0 amide bonds. The van der Waals surface area contributed by atoms with Gasteiger partial charge in [0.05, 0.1) is 0 Å². The first-order valence-corrected chi connectivity index (χ1v) is 10.0. The van der Waals surface area contributed by atoms with Gasteiger partial charge in [0.2, 0.25) is 0 Å². The third-order valence-corrected chi connectivity index (χ3v) is 6.20. The Kier molecular flexibility index (Phi) is 5.12. The molecule has 142 valence electrons. The number of rotatable bonds is 3. The van der Waals surface area contributed by atoms with Crippen molar-refractivity contribution in [3.63, 3.8) is 0 Å². The summed E-state index contributed by atoms with van der Waals surface area (Å²) < 4.78 is 40.5. The van der Waals surface area contributed by atoms with E-state index in [0.29, 0.717) is 11.5 Å². The zero-order valence-electron chi connectivity index (χ0n) is 15.7. The molecule has 0 nitrogen and oxygen atoms in total. The van der Waals surface area contributed by atoms with Crippen LogP contribution in [0.25, 0.3) is 0 Å². The van der Waals surface area contributed by atoms with E-state index in [1.807, 2.05) is 0 Å². The lowest BCUT2D eigenvalue weighted by Gasteiger charge is -2.31. The van der Waals surface area contributed by atoms with Crippen LogP contribution in [0.4, 0.5) is 13.2 Å². The number of halogens is 3. The standard InChI is InChI=1S/C24H25F3/c1-2-3-4-15-5-9-20-17(11-15)6-7-18-12-16(8-10-21(18)20)19-13-22(25)24(27)23(26)14-19/h3-4,6-7,13-16H,2,5,8-12H2,1H3/b4-3+. The molecule has 2 aromatic carbocycles. The van der Waals surface area contributed by atoms with Gasteiger partial charge in [-0.25, -0.2) is 13.2 Å². The maximum atomic E-state index is 13.6. The van der Waals surface area contributed by atoms with Crippen molar-refractivity contribution < 1.29 is 13.2 Å². The maximum absolute atomic E-state index is 13.6. The molecular weight excluding hydrogens is 345 g/mol. The molecule has 0 fully saturated rings. The van der Waals surface area contributed by atoms with Crippen LogP contribution in [0.1, 0.15) is 59.9 Å². The van der Waals surface area contributed by atoms with Crippen molar-refractivity contribution in [2.24, 2.45) is 5.92 Å². The van der Waals surface area contributed by atoms with Crippen LogP contribution in [0.15, 0.2) is 36.4 Å². The van der Waals surface area contributed by atoms with Gasteiger partial charge in [-0.2, -0.15) is 0 Å². The first-order valence-electron chi connectivity index (χ1n) is 10.0. The topological polar surface area (TPSA) is 0 Å². The summed E-state index contributed by atoms with van der Waals surface area (Å²) in [4.78, 5) is 0. The minimum absolute atomic E-state index is 0.0453. The van der Waals surface area contributed by atoms with Gasteiger partial charge in [-0.05, 0) is 96.7 Å². The van der Waals surface area contributed by atoms with Crippen LogP contribution >= 0.6 is 0 Å². The fourth-order valence-corrected chi connectivity index (χ4v) is 4.78. The summed E-state index contributed by atoms with van der Waals surface area (Å²) in [5.74, 6) is -2.88. The molecule has 27 heavy (non-hydrogen) atoms. The zero-order valence-corrected chi connectivity index (χ0v) is 15.7. The normalized spacial score (nSPS) is 21.9. The first kappa shape index (κ1) is 18.3. The molecule has 2 aliphatic rings. The highest BCUT2D eigenvalue weighted by Gasteiger charge is 2.27. The molecule has 0 saturated carbocycles. The average molecular weight is 370 g/mol. The third-order valence-electron chi connectivity index (χ3n) is 6.20. The number of fused-ring (bicyclic) bond motifs is 3. The lowest BCUT2D eigenvalue weighted by atomic mass is 9.74. The van der Waals surface area contributed by atoms with Crippen molar-refractivity contribution in [2.75, 3.05) is 0 Å². The van der Waals surface area contributed by atoms with Crippen molar-refractivity contribution in [3.8, 4) is 0 Å². The minimum atomic E-state index is -1.38. The van der Waals surface area contributed by atoms with Crippen molar-refractivity contribution in [2.45, 2.75) is 57.8 Å². The van der Waals surface area contributed by atoms with E-state index in [2.05, 4.69) is 31.2 Å². The summed E-state index contributed by atoms with van der Waals surface area (Å²) in [5.41, 5.74) is 6.27. The van der Waals surface area contributed by atoms with Gasteiger partial charge >= 0.3 is 0 Å². The predicted molar refractivity (Wildman–Crippen MR) is 102 cm³/mol. The number of allylic oxidation sites excluding steroid dienone is 2. The van der Waals surface area contributed by atoms with Gasteiger partial charge in [-0.15, -0.1) is 0 Å². The second-order valence-corrected chi connectivity index (χ2v) is 7.92. The van der Waals surface area contributed by atoms with Gasteiger partial charge in [0, 0.05) is 0 Å². The largest absolute Gasteiger partial charge is 0.204 e. The molecule has 0 aromatic heterocycles. The Morgan fingerprint density at radius 3 is 2.22 bits per heavy atom. The third kappa shape index (κ3) is 3.56. The number of hydrogen-bond acceptors (Lipinski definition) is 0. The summed E-state index contributed by atoms with van der Waals surface area (Å²) in [6, 6.07) is 6.77. The van der Waals surface area contributed by atoms with Gasteiger partial charge in [-0.3, -0.25) is 0 Å². The Bertz CT molecular complexity index is 858. The SMILES string of the molecule is CC/C=C/C1CCc2c(ccc3c2CCC(c2cc(F)c(F)c(F)c2)C3)C1. The predicted octanol–water partition coefficient (Wildman–Crippen LogP) is 6.45. The van der Waals surface area contributed by atoms with E-state index in [4.69, 9.17) is 0 Å². The highest BCUT2D eigenvalue weighted by molar-refractivity contribution is 5.46. The average Bonchev–Trinajstić information content (AvgIpc) is 2.69. The monoisotopic (exact) mass is 370 g/mol. The molecule has 0 radical (unpaired) electrons. The fourth-order valence-electron chi connectivity index (χ4n) is 4.78. The smallest absolute Gasteiger partial charge is 0.194 e. The van der Waals surface area contributed by atoms with Crippen molar-refractivity contribution in [3.05, 3.63) is 81.7 Å². The van der Waals surface area contributed by atoms with Crippen LogP contribution in [0.2, 0.25) is 0 Å². The molecule has 3 heteroatoms. The van der Waals surface area contributed by atoms with Crippen molar-refractivity contribution in [1.29, 1.82) is 0 Å². The van der Waals surface area contributed by atoms with E-state index in [0.717, 1.165) is 50.7 Å². The molecular formula is C24H25F3. The van der Waals surface area contributed by atoms with E-state index in [9.17, 15) is 13.2 Å². The lowest BCUT2D eigenvalue weighted by molar-refractivity contribution is 0.441. The quantitative estimate of drug-likeness (QED) is 0.430. The van der Waals surface area contributed by atoms with Gasteiger partial charge in [0.25, 0.3) is 0 Å². The van der Waals surface area contributed by atoms with Crippen molar-refractivity contribution in [1.82, 2.24) is 0 Å². The fraction of sp³-hybridized carbons (Fsp3) is 0.417. The van der Waals surface area contributed by atoms with Gasteiger partial charge < -0.3 is 0 Å². The van der Waals surface area contributed by atoms with Gasteiger partial charge in [0.15, 0.2) is 17.5 Å². The zero-order chi connectivity index (χ0) is 19.0. The Balaban J connectivity index is 1.58. The van der Waals surface area contributed by atoms with E-state index < -0.39 is 17.5 Å². The highest BCUT2D eigenvalue weighted by atomic mass is 19.2. The molecule has 4 rings (SSSR count).